The van der Waals surface area contributed by atoms with Crippen LogP contribution in [0, 0.1) is 23.0 Å². The monoisotopic (exact) mass is 327 g/mol. The first kappa shape index (κ1) is 16.2. The standard InChI is InChI=1S/C17H21N5O2/c1-12-4-6-13(7-5-12)9-14-3-2-8-21(11-14)17-19-10-15(22(23)24)16(18)20-17/h4-7,10,14H,2-3,8-9,11H2,1H3,(H2,18,19,20)/t14-/m0/s1. The minimum Gasteiger partial charge on any atom is -0.378 e. The van der Waals surface area contributed by atoms with E-state index in [1.807, 2.05) is 0 Å². The molecule has 0 amide bonds. The summed E-state index contributed by atoms with van der Waals surface area (Å²) in [6, 6.07) is 8.62. The van der Waals surface area contributed by atoms with Gasteiger partial charge in [-0.15, -0.1) is 0 Å². The van der Waals surface area contributed by atoms with Gasteiger partial charge in [-0.25, -0.2) is 4.98 Å². The molecule has 0 bridgehead atoms. The van der Waals surface area contributed by atoms with E-state index in [1.165, 1.54) is 17.3 Å². The Morgan fingerprint density at radius 1 is 1.38 bits per heavy atom. The molecule has 1 aromatic heterocycles. The summed E-state index contributed by atoms with van der Waals surface area (Å²) in [6.07, 6.45) is 4.42. The van der Waals surface area contributed by atoms with Gasteiger partial charge in [0.25, 0.3) is 0 Å². The van der Waals surface area contributed by atoms with Crippen LogP contribution in [0.1, 0.15) is 24.0 Å². The lowest BCUT2D eigenvalue weighted by Gasteiger charge is -2.32. The molecule has 0 saturated carbocycles. The number of nitrogen functional groups attached to an aromatic ring is 1. The highest BCUT2D eigenvalue weighted by Gasteiger charge is 2.24. The van der Waals surface area contributed by atoms with Gasteiger partial charge in [0.15, 0.2) is 0 Å². The molecule has 2 heterocycles. The number of hydrogen-bond acceptors (Lipinski definition) is 6. The van der Waals surface area contributed by atoms with Gasteiger partial charge in [0.05, 0.1) is 4.92 Å². The summed E-state index contributed by atoms with van der Waals surface area (Å²) in [5, 5.41) is 10.8. The van der Waals surface area contributed by atoms with E-state index in [-0.39, 0.29) is 11.5 Å². The number of nitrogens with two attached hydrogens (primary N) is 1. The molecule has 3 rings (SSSR count). The van der Waals surface area contributed by atoms with Gasteiger partial charge in [-0.1, -0.05) is 29.8 Å². The quantitative estimate of drug-likeness (QED) is 0.685. The number of benzene rings is 1. The lowest BCUT2D eigenvalue weighted by Crippen LogP contribution is -2.37. The largest absolute Gasteiger partial charge is 0.378 e. The van der Waals surface area contributed by atoms with E-state index >= 15 is 0 Å². The van der Waals surface area contributed by atoms with E-state index in [1.54, 1.807) is 0 Å². The Morgan fingerprint density at radius 3 is 2.79 bits per heavy atom. The van der Waals surface area contributed by atoms with Gasteiger partial charge in [-0.05, 0) is 37.7 Å². The first-order valence-corrected chi connectivity index (χ1v) is 8.10. The van der Waals surface area contributed by atoms with E-state index in [2.05, 4.69) is 46.1 Å². The van der Waals surface area contributed by atoms with Gasteiger partial charge in [-0.2, -0.15) is 4.98 Å². The molecule has 1 aliphatic heterocycles. The maximum Gasteiger partial charge on any atom is 0.329 e. The van der Waals surface area contributed by atoms with E-state index in [0.29, 0.717) is 11.9 Å². The fourth-order valence-corrected chi connectivity index (χ4v) is 3.14. The lowest BCUT2D eigenvalue weighted by atomic mass is 9.91. The third kappa shape index (κ3) is 3.61. The van der Waals surface area contributed by atoms with Crippen LogP contribution in [0.5, 0.6) is 0 Å². The molecular formula is C17H21N5O2. The first-order chi connectivity index (χ1) is 11.5. The summed E-state index contributed by atoms with van der Waals surface area (Å²) in [5.41, 5.74) is 8.03. The number of rotatable bonds is 4. The summed E-state index contributed by atoms with van der Waals surface area (Å²) in [5.74, 6) is 0.916. The molecule has 1 atom stereocenters. The minimum atomic E-state index is -0.560. The number of piperidine rings is 1. The molecule has 0 aliphatic carbocycles. The van der Waals surface area contributed by atoms with E-state index < -0.39 is 4.92 Å². The highest BCUT2D eigenvalue weighted by Crippen LogP contribution is 2.26. The van der Waals surface area contributed by atoms with Crippen LogP contribution in [0.3, 0.4) is 0 Å². The third-order valence-corrected chi connectivity index (χ3v) is 4.43. The topological polar surface area (TPSA) is 98.2 Å². The average molecular weight is 327 g/mol. The lowest BCUT2D eigenvalue weighted by molar-refractivity contribution is -0.384. The highest BCUT2D eigenvalue weighted by molar-refractivity contribution is 5.53. The van der Waals surface area contributed by atoms with Crippen molar-refractivity contribution in [1.29, 1.82) is 0 Å². The van der Waals surface area contributed by atoms with Crippen molar-refractivity contribution < 1.29 is 4.92 Å². The Kier molecular flexibility index (Phi) is 4.59. The van der Waals surface area contributed by atoms with Crippen molar-refractivity contribution in [2.45, 2.75) is 26.2 Å². The van der Waals surface area contributed by atoms with Crippen molar-refractivity contribution in [3.63, 3.8) is 0 Å². The molecular weight excluding hydrogens is 306 g/mol. The van der Waals surface area contributed by atoms with E-state index in [0.717, 1.165) is 32.4 Å². The fraction of sp³-hybridized carbons (Fsp3) is 0.412. The molecule has 1 saturated heterocycles. The fourth-order valence-electron chi connectivity index (χ4n) is 3.14. The van der Waals surface area contributed by atoms with Gasteiger partial charge in [0, 0.05) is 13.1 Å². The molecule has 7 heteroatoms. The molecule has 24 heavy (non-hydrogen) atoms. The van der Waals surface area contributed by atoms with Gasteiger partial charge in [-0.3, -0.25) is 10.1 Å². The molecule has 0 radical (unpaired) electrons. The Balaban J connectivity index is 1.70. The summed E-state index contributed by atoms with van der Waals surface area (Å²) >= 11 is 0. The van der Waals surface area contributed by atoms with Crippen LogP contribution in [-0.4, -0.2) is 28.0 Å². The number of nitro groups is 1. The number of aromatic nitrogens is 2. The molecule has 7 nitrogen and oxygen atoms in total. The molecule has 0 unspecified atom stereocenters. The van der Waals surface area contributed by atoms with Crippen LogP contribution in [0.2, 0.25) is 0 Å². The summed E-state index contributed by atoms with van der Waals surface area (Å²) < 4.78 is 0. The Labute approximate surface area is 140 Å². The van der Waals surface area contributed by atoms with Gasteiger partial charge in [0.1, 0.15) is 6.20 Å². The maximum atomic E-state index is 10.8. The van der Waals surface area contributed by atoms with E-state index in [4.69, 9.17) is 5.73 Å². The second-order valence-corrected chi connectivity index (χ2v) is 6.34. The zero-order chi connectivity index (χ0) is 17.1. The van der Waals surface area contributed by atoms with E-state index in [9.17, 15) is 10.1 Å². The number of hydrogen-bond donors (Lipinski definition) is 1. The summed E-state index contributed by atoms with van der Waals surface area (Å²) in [6.45, 7) is 3.77. The zero-order valence-electron chi connectivity index (χ0n) is 13.7. The molecule has 2 N–H and O–H groups in total. The van der Waals surface area contributed by atoms with Gasteiger partial charge >= 0.3 is 5.69 Å². The van der Waals surface area contributed by atoms with Crippen molar-refractivity contribution >= 4 is 17.5 Å². The maximum absolute atomic E-state index is 10.8. The molecule has 1 fully saturated rings. The van der Waals surface area contributed by atoms with Crippen LogP contribution in [0.25, 0.3) is 0 Å². The van der Waals surface area contributed by atoms with Crippen LogP contribution >= 0.6 is 0 Å². The Bertz CT molecular complexity index is 732. The van der Waals surface area contributed by atoms with Gasteiger partial charge < -0.3 is 10.6 Å². The average Bonchev–Trinajstić information content (AvgIpc) is 2.57. The Hall–Kier alpha value is -2.70. The van der Waals surface area contributed by atoms with Crippen LogP contribution in [0.4, 0.5) is 17.5 Å². The molecule has 1 aliphatic rings. The predicted octanol–water partition coefficient (Wildman–Crippen LogP) is 2.73. The number of nitrogens with zero attached hydrogens (tertiary/aromatic N) is 4. The molecule has 126 valence electrons. The Morgan fingerprint density at radius 2 is 2.12 bits per heavy atom. The van der Waals surface area contributed by atoms with Gasteiger partial charge in [0.2, 0.25) is 11.8 Å². The number of aryl methyl sites for hydroxylation is 1. The zero-order valence-corrected chi connectivity index (χ0v) is 13.7. The van der Waals surface area contributed by atoms with Crippen molar-refractivity contribution in [2.24, 2.45) is 5.92 Å². The molecule has 2 aromatic rings. The highest BCUT2D eigenvalue weighted by atomic mass is 16.6. The summed E-state index contributed by atoms with van der Waals surface area (Å²) in [4.78, 5) is 20.6. The van der Waals surface area contributed by atoms with Crippen molar-refractivity contribution in [3.05, 3.63) is 51.7 Å². The van der Waals surface area contributed by atoms with Crippen LogP contribution < -0.4 is 10.6 Å². The first-order valence-electron chi connectivity index (χ1n) is 8.10. The van der Waals surface area contributed by atoms with Crippen molar-refractivity contribution in [2.75, 3.05) is 23.7 Å². The molecule has 0 spiro atoms. The van der Waals surface area contributed by atoms with Crippen molar-refractivity contribution in [3.8, 4) is 0 Å². The third-order valence-electron chi connectivity index (χ3n) is 4.43. The second-order valence-electron chi connectivity index (χ2n) is 6.34. The second kappa shape index (κ2) is 6.82. The smallest absolute Gasteiger partial charge is 0.329 e. The van der Waals surface area contributed by atoms with Crippen molar-refractivity contribution in [1.82, 2.24) is 9.97 Å². The normalized spacial score (nSPS) is 17.7. The summed E-state index contributed by atoms with van der Waals surface area (Å²) in [7, 11) is 0. The SMILES string of the molecule is Cc1ccc(C[C@@H]2CCCN(c3ncc([N+](=O)[O-])c(N)n3)C2)cc1. The van der Waals surface area contributed by atoms with Crippen LogP contribution in [-0.2, 0) is 6.42 Å². The van der Waals surface area contributed by atoms with Crippen LogP contribution in [0.15, 0.2) is 30.5 Å². The minimum absolute atomic E-state index is 0.0781. The predicted molar refractivity (Wildman–Crippen MR) is 92.9 cm³/mol. The molecule has 1 aromatic carbocycles. The number of anilines is 2.